The third kappa shape index (κ3) is 5.30. The molecule has 3 heterocycles. The highest BCUT2D eigenvalue weighted by molar-refractivity contribution is 5.91. The zero-order valence-electron chi connectivity index (χ0n) is 21.0. The number of nitrogens with zero attached hydrogens (tertiary/aromatic N) is 5. The summed E-state index contributed by atoms with van der Waals surface area (Å²) >= 11 is 0. The van der Waals surface area contributed by atoms with Crippen molar-refractivity contribution in [3.05, 3.63) is 89.9 Å². The highest BCUT2D eigenvalue weighted by Crippen LogP contribution is 2.30. The Labute approximate surface area is 218 Å². The summed E-state index contributed by atoms with van der Waals surface area (Å²) in [6, 6.07) is 13.5. The fourth-order valence-electron chi connectivity index (χ4n) is 4.14. The summed E-state index contributed by atoms with van der Waals surface area (Å²) in [5.74, 6) is -0.256. The molecule has 1 N–H and O–H groups in total. The molecule has 0 aliphatic rings. The first-order valence-corrected chi connectivity index (χ1v) is 12.2. The molecule has 2 aromatic carbocycles. The first-order valence-electron chi connectivity index (χ1n) is 12.2. The third-order valence-electron chi connectivity index (χ3n) is 5.99. The van der Waals surface area contributed by atoms with Crippen LogP contribution in [0.1, 0.15) is 18.1 Å². The summed E-state index contributed by atoms with van der Waals surface area (Å²) in [7, 11) is 1.64. The number of methoxy groups -OCH3 is 1. The minimum atomic E-state index is -0.697. The Hall–Kier alpha value is -4.44. The standard InChI is InChI=1S/C28H26F2N6O2/c1-3-38-20-14-23(29)22(24(30)15-20)17-36-25-7-5-4-6-21(25)26(35-36)28-32-16-18(10-13-37-2)27(34-28)33-19-8-11-31-12-9-19/h4-9,11-12,14-16H,3,10,13,17H2,1-2H3,(H,31,32,33,34). The Morgan fingerprint density at radius 3 is 2.53 bits per heavy atom. The summed E-state index contributed by atoms with van der Waals surface area (Å²) in [6.07, 6.45) is 5.72. The van der Waals surface area contributed by atoms with Crippen LogP contribution in [0.25, 0.3) is 22.4 Å². The first kappa shape index (κ1) is 25.2. The van der Waals surface area contributed by atoms with Gasteiger partial charge in [0.2, 0.25) is 0 Å². The fourth-order valence-corrected chi connectivity index (χ4v) is 4.14. The molecule has 194 valence electrons. The van der Waals surface area contributed by atoms with Crippen LogP contribution < -0.4 is 10.1 Å². The Morgan fingerprint density at radius 2 is 1.79 bits per heavy atom. The molecule has 0 saturated heterocycles. The van der Waals surface area contributed by atoms with Crippen molar-refractivity contribution >= 4 is 22.4 Å². The van der Waals surface area contributed by atoms with E-state index < -0.39 is 11.6 Å². The van der Waals surface area contributed by atoms with Gasteiger partial charge in [0.1, 0.15) is 28.9 Å². The van der Waals surface area contributed by atoms with Gasteiger partial charge in [0.15, 0.2) is 5.82 Å². The molecule has 0 unspecified atom stereocenters. The van der Waals surface area contributed by atoms with E-state index >= 15 is 0 Å². The number of aromatic nitrogens is 5. The lowest BCUT2D eigenvalue weighted by molar-refractivity contribution is 0.202. The summed E-state index contributed by atoms with van der Waals surface area (Å²) in [6.45, 7) is 2.46. The van der Waals surface area contributed by atoms with Gasteiger partial charge < -0.3 is 14.8 Å². The minimum Gasteiger partial charge on any atom is -0.494 e. The van der Waals surface area contributed by atoms with Gasteiger partial charge >= 0.3 is 0 Å². The van der Waals surface area contributed by atoms with E-state index in [1.165, 1.54) is 12.1 Å². The van der Waals surface area contributed by atoms with Gasteiger partial charge in [-0.05, 0) is 25.1 Å². The van der Waals surface area contributed by atoms with E-state index in [2.05, 4.69) is 15.3 Å². The molecule has 5 rings (SSSR count). The molecule has 0 radical (unpaired) electrons. The minimum absolute atomic E-state index is 0.107. The van der Waals surface area contributed by atoms with Crippen LogP contribution in [0.2, 0.25) is 0 Å². The van der Waals surface area contributed by atoms with E-state index in [1.54, 1.807) is 37.3 Å². The van der Waals surface area contributed by atoms with Crippen molar-refractivity contribution in [3.8, 4) is 17.3 Å². The van der Waals surface area contributed by atoms with Crippen LogP contribution in [0.15, 0.2) is 67.1 Å². The molecule has 0 amide bonds. The van der Waals surface area contributed by atoms with Crippen LogP contribution in [0, 0.1) is 11.6 Å². The summed E-state index contributed by atoms with van der Waals surface area (Å²) in [5.41, 5.74) is 2.79. The van der Waals surface area contributed by atoms with Gasteiger partial charge in [-0.1, -0.05) is 18.2 Å². The van der Waals surface area contributed by atoms with Crippen LogP contribution in [-0.4, -0.2) is 45.1 Å². The lowest BCUT2D eigenvalue weighted by Gasteiger charge is -2.12. The number of anilines is 2. The van der Waals surface area contributed by atoms with Crippen molar-refractivity contribution in [1.29, 1.82) is 0 Å². The molecule has 0 spiro atoms. The monoisotopic (exact) mass is 516 g/mol. The summed E-state index contributed by atoms with van der Waals surface area (Å²) < 4.78 is 41.8. The number of pyridine rings is 1. The van der Waals surface area contributed by atoms with Crippen LogP contribution in [0.4, 0.5) is 20.3 Å². The van der Waals surface area contributed by atoms with Crippen LogP contribution in [0.5, 0.6) is 5.75 Å². The van der Waals surface area contributed by atoms with Crippen molar-refractivity contribution in [2.45, 2.75) is 19.9 Å². The fraction of sp³-hybridized carbons (Fsp3) is 0.214. The van der Waals surface area contributed by atoms with Crippen LogP contribution in [-0.2, 0) is 17.7 Å². The van der Waals surface area contributed by atoms with E-state index in [0.29, 0.717) is 42.5 Å². The number of benzene rings is 2. The van der Waals surface area contributed by atoms with Crippen molar-refractivity contribution in [1.82, 2.24) is 24.7 Å². The molecular weight excluding hydrogens is 490 g/mol. The van der Waals surface area contributed by atoms with Gasteiger partial charge in [-0.15, -0.1) is 0 Å². The quantitative estimate of drug-likeness (QED) is 0.261. The highest BCUT2D eigenvalue weighted by atomic mass is 19.1. The Morgan fingerprint density at radius 1 is 1.03 bits per heavy atom. The Bertz CT molecular complexity index is 1540. The largest absolute Gasteiger partial charge is 0.494 e. The second-order valence-electron chi connectivity index (χ2n) is 8.49. The summed E-state index contributed by atoms with van der Waals surface area (Å²) in [5, 5.41) is 8.79. The Balaban J connectivity index is 1.56. The molecule has 0 aliphatic carbocycles. The molecule has 38 heavy (non-hydrogen) atoms. The number of halogens is 2. The number of fused-ring (bicyclic) bond motifs is 1. The van der Waals surface area contributed by atoms with Gasteiger partial charge in [0.25, 0.3) is 0 Å². The smallest absolute Gasteiger partial charge is 0.182 e. The van der Waals surface area contributed by atoms with Crippen molar-refractivity contribution in [3.63, 3.8) is 0 Å². The van der Waals surface area contributed by atoms with E-state index in [1.807, 2.05) is 36.4 Å². The number of rotatable bonds is 10. The molecule has 5 aromatic rings. The van der Waals surface area contributed by atoms with Gasteiger partial charge in [-0.2, -0.15) is 5.10 Å². The molecule has 0 aliphatic heterocycles. The van der Waals surface area contributed by atoms with Gasteiger partial charge in [0.05, 0.1) is 25.3 Å². The maximum atomic E-state index is 14.8. The van der Waals surface area contributed by atoms with Gasteiger partial charge in [-0.25, -0.2) is 18.7 Å². The zero-order valence-corrected chi connectivity index (χ0v) is 21.0. The van der Waals surface area contributed by atoms with E-state index in [4.69, 9.17) is 19.6 Å². The predicted octanol–water partition coefficient (Wildman–Crippen LogP) is 5.55. The summed E-state index contributed by atoms with van der Waals surface area (Å²) in [4.78, 5) is 13.4. The lowest BCUT2D eigenvalue weighted by atomic mass is 10.1. The maximum absolute atomic E-state index is 14.8. The number of hydrogen-bond acceptors (Lipinski definition) is 7. The molecule has 0 saturated carbocycles. The molecular formula is C28H26F2N6O2. The second-order valence-corrected chi connectivity index (χ2v) is 8.49. The highest BCUT2D eigenvalue weighted by Gasteiger charge is 2.19. The number of ether oxygens (including phenoxy) is 2. The topological polar surface area (TPSA) is 87.0 Å². The average molecular weight is 517 g/mol. The van der Waals surface area contributed by atoms with E-state index in [-0.39, 0.29) is 17.9 Å². The van der Waals surface area contributed by atoms with Gasteiger partial charge in [-0.3, -0.25) is 9.67 Å². The number of nitrogens with one attached hydrogen (secondary N) is 1. The maximum Gasteiger partial charge on any atom is 0.182 e. The van der Waals surface area contributed by atoms with Crippen molar-refractivity contribution in [2.24, 2.45) is 0 Å². The molecule has 8 nitrogen and oxygen atoms in total. The van der Waals surface area contributed by atoms with E-state index in [0.717, 1.165) is 16.6 Å². The van der Waals surface area contributed by atoms with Crippen LogP contribution in [0.3, 0.4) is 0 Å². The van der Waals surface area contributed by atoms with Gasteiger partial charge in [0, 0.05) is 66.5 Å². The molecule has 0 atom stereocenters. The second kappa shape index (κ2) is 11.3. The first-order chi connectivity index (χ1) is 18.6. The van der Waals surface area contributed by atoms with Crippen molar-refractivity contribution in [2.75, 3.05) is 25.6 Å². The molecule has 0 fully saturated rings. The SMILES string of the molecule is CCOc1cc(F)c(Cn2nc(-c3ncc(CCOC)c(Nc4ccncc4)n3)c3ccccc32)c(F)c1. The molecule has 0 bridgehead atoms. The zero-order chi connectivity index (χ0) is 26.5. The van der Waals surface area contributed by atoms with E-state index in [9.17, 15) is 8.78 Å². The number of hydrogen-bond donors (Lipinski definition) is 1. The van der Waals surface area contributed by atoms with Crippen molar-refractivity contribution < 1.29 is 18.3 Å². The van der Waals surface area contributed by atoms with Crippen LogP contribution >= 0.6 is 0 Å². The molecule has 10 heteroatoms. The lowest BCUT2D eigenvalue weighted by Crippen LogP contribution is -2.08. The average Bonchev–Trinajstić information content (AvgIpc) is 3.29. The third-order valence-corrected chi connectivity index (χ3v) is 5.99. The predicted molar refractivity (Wildman–Crippen MR) is 140 cm³/mol. The Kier molecular flexibility index (Phi) is 7.50. The normalized spacial score (nSPS) is 11.2. The molecule has 3 aromatic heterocycles. The number of para-hydroxylation sites is 1.